The van der Waals surface area contributed by atoms with Crippen molar-refractivity contribution < 1.29 is 14.9 Å². The van der Waals surface area contributed by atoms with E-state index in [1.807, 2.05) is 32.0 Å². The van der Waals surface area contributed by atoms with Crippen LogP contribution in [0.1, 0.15) is 56.1 Å². The van der Waals surface area contributed by atoms with E-state index < -0.39 is 6.03 Å². The maximum absolute atomic E-state index is 12.0. The maximum Gasteiger partial charge on any atom is 0.326 e. The molecule has 5 heteroatoms. The van der Waals surface area contributed by atoms with Crippen LogP contribution in [-0.2, 0) is 4.79 Å². The van der Waals surface area contributed by atoms with Crippen molar-refractivity contribution in [1.82, 2.24) is 5.32 Å². The number of nitrogens with two attached hydrogens (primary N) is 1. The van der Waals surface area contributed by atoms with Crippen LogP contribution >= 0.6 is 0 Å². The van der Waals surface area contributed by atoms with Crippen LogP contribution in [0.25, 0.3) is 0 Å². The van der Waals surface area contributed by atoms with Gasteiger partial charge in [0, 0.05) is 5.69 Å². The number of urea groups is 1. The molecule has 4 N–H and O–H groups in total. The standard InChI is InChI=1S/C19H29N3O2/c1-14-10-11-17(15(2)12-14)21-19(24)22-18(23)13-20-16-8-6-4-3-5-7-9-16/h10-12,16,20H,3-9,13H2,1-2H3,(H2,21,22,23,24)/p+1. The van der Waals surface area contributed by atoms with Crippen molar-refractivity contribution in [2.45, 2.75) is 64.8 Å². The summed E-state index contributed by atoms with van der Waals surface area (Å²) in [4.78, 5) is 23.9. The SMILES string of the molecule is Cc1ccc(NC(=O)NC(=O)C[NH2+]C2CCCCCCC2)c(C)c1. The predicted molar refractivity (Wildman–Crippen MR) is 96.0 cm³/mol. The first-order chi connectivity index (χ1) is 11.5. The van der Waals surface area contributed by atoms with E-state index in [4.69, 9.17) is 0 Å². The first kappa shape index (κ1) is 18.5. The van der Waals surface area contributed by atoms with Crippen LogP contribution in [-0.4, -0.2) is 24.5 Å². The van der Waals surface area contributed by atoms with E-state index in [1.54, 1.807) is 0 Å². The molecule has 1 aliphatic rings. The number of amides is 3. The van der Waals surface area contributed by atoms with Gasteiger partial charge in [-0.3, -0.25) is 10.1 Å². The molecule has 0 spiro atoms. The molecule has 1 aromatic rings. The van der Waals surface area contributed by atoms with E-state index in [2.05, 4.69) is 16.0 Å². The number of carbonyl (C=O) groups is 2. The summed E-state index contributed by atoms with van der Waals surface area (Å²) < 4.78 is 0. The summed E-state index contributed by atoms with van der Waals surface area (Å²) in [5, 5.41) is 7.25. The number of hydrogen-bond donors (Lipinski definition) is 3. The molecular weight excluding hydrogens is 302 g/mol. The molecule has 0 heterocycles. The van der Waals surface area contributed by atoms with E-state index in [-0.39, 0.29) is 5.91 Å². The van der Waals surface area contributed by atoms with Crippen LogP contribution in [0.4, 0.5) is 10.5 Å². The summed E-state index contributed by atoms with van der Waals surface area (Å²) >= 11 is 0. The molecule has 0 saturated heterocycles. The third-order valence-electron chi connectivity index (χ3n) is 4.67. The van der Waals surface area contributed by atoms with E-state index in [0.717, 1.165) is 16.8 Å². The van der Waals surface area contributed by atoms with Gasteiger partial charge in [-0.05, 0) is 51.2 Å². The van der Waals surface area contributed by atoms with Crippen LogP contribution in [0.3, 0.4) is 0 Å². The smallest absolute Gasteiger partial charge is 0.326 e. The second-order valence-electron chi connectivity index (χ2n) is 6.87. The largest absolute Gasteiger partial charge is 0.336 e. The van der Waals surface area contributed by atoms with E-state index >= 15 is 0 Å². The molecular formula is C19H30N3O2+. The lowest BCUT2D eigenvalue weighted by molar-refractivity contribution is -0.680. The van der Waals surface area contributed by atoms with Crippen molar-refractivity contribution in [1.29, 1.82) is 0 Å². The lowest BCUT2D eigenvalue weighted by atomic mass is 9.97. The molecule has 1 saturated carbocycles. The fourth-order valence-corrected chi connectivity index (χ4v) is 3.28. The highest BCUT2D eigenvalue weighted by Gasteiger charge is 2.17. The lowest BCUT2D eigenvalue weighted by Gasteiger charge is -2.18. The number of hydrogen-bond acceptors (Lipinski definition) is 2. The van der Waals surface area contributed by atoms with Crippen LogP contribution in [0.15, 0.2) is 18.2 Å². The van der Waals surface area contributed by atoms with Gasteiger partial charge < -0.3 is 10.6 Å². The summed E-state index contributed by atoms with van der Waals surface area (Å²) in [6.45, 7) is 4.25. The number of rotatable bonds is 4. The Labute approximate surface area is 144 Å². The van der Waals surface area contributed by atoms with E-state index in [0.29, 0.717) is 12.6 Å². The average Bonchev–Trinajstić information content (AvgIpc) is 2.49. The van der Waals surface area contributed by atoms with Gasteiger partial charge in [0.2, 0.25) is 0 Å². The van der Waals surface area contributed by atoms with E-state index in [1.165, 1.54) is 44.9 Å². The van der Waals surface area contributed by atoms with Gasteiger partial charge in [0.1, 0.15) is 0 Å². The molecule has 1 fully saturated rings. The minimum absolute atomic E-state index is 0.237. The summed E-state index contributed by atoms with van der Waals surface area (Å²) in [5.74, 6) is -0.237. The Kier molecular flexibility index (Phi) is 7.25. The van der Waals surface area contributed by atoms with Gasteiger partial charge in [0.15, 0.2) is 6.54 Å². The number of carbonyl (C=O) groups excluding carboxylic acids is 2. The number of anilines is 1. The fraction of sp³-hybridized carbons (Fsp3) is 0.579. The first-order valence-electron chi connectivity index (χ1n) is 9.06. The summed E-state index contributed by atoms with van der Waals surface area (Å²) in [6, 6.07) is 5.85. The summed E-state index contributed by atoms with van der Waals surface area (Å²) in [6.07, 6.45) is 8.77. The summed E-state index contributed by atoms with van der Waals surface area (Å²) in [7, 11) is 0. The molecule has 0 aromatic heterocycles. The van der Waals surface area contributed by atoms with Crippen molar-refractivity contribution in [3.63, 3.8) is 0 Å². The highest BCUT2D eigenvalue weighted by atomic mass is 16.2. The van der Waals surface area contributed by atoms with Crippen molar-refractivity contribution in [3.8, 4) is 0 Å². The quantitative estimate of drug-likeness (QED) is 0.793. The van der Waals surface area contributed by atoms with E-state index in [9.17, 15) is 9.59 Å². The molecule has 1 aliphatic carbocycles. The van der Waals surface area contributed by atoms with Crippen molar-refractivity contribution in [2.24, 2.45) is 0 Å². The predicted octanol–water partition coefficient (Wildman–Crippen LogP) is 2.63. The fourth-order valence-electron chi connectivity index (χ4n) is 3.28. The number of quaternary nitrogens is 1. The minimum atomic E-state index is -0.460. The number of imide groups is 1. The van der Waals surface area contributed by atoms with Crippen LogP contribution < -0.4 is 16.0 Å². The van der Waals surface area contributed by atoms with Gasteiger partial charge in [-0.25, -0.2) is 4.79 Å². The molecule has 2 rings (SSSR count). The van der Waals surface area contributed by atoms with Crippen LogP contribution in [0, 0.1) is 13.8 Å². The van der Waals surface area contributed by atoms with Crippen LogP contribution in [0.2, 0.25) is 0 Å². The topological polar surface area (TPSA) is 74.8 Å². The van der Waals surface area contributed by atoms with Crippen molar-refractivity contribution >= 4 is 17.6 Å². The Morgan fingerprint density at radius 3 is 2.42 bits per heavy atom. The molecule has 24 heavy (non-hydrogen) atoms. The zero-order valence-corrected chi connectivity index (χ0v) is 14.9. The molecule has 5 nitrogen and oxygen atoms in total. The molecule has 132 valence electrons. The lowest BCUT2D eigenvalue weighted by Crippen LogP contribution is -2.92. The number of benzene rings is 1. The highest BCUT2D eigenvalue weighted by Crippen LogP contribution is 2.16. The monoisotopic (exact) mass is 332 g/mol. The van der Waals surface area contributed by atoms with Gasteiger partial charge >= 0.3 is 6.03 Å². The highest BCUT2D eigenvalue weighted by molar-refractivity contribution is 6.01. The van der Waals surface area contributed by atoms with Gasteiger partial charge in [-0.15, -0.1) is 0 Å². The first-order valence-corrected chi connectivity index (χ1v) is 9.06. The number of nitrogens with one attached hydrogen (secondary N) is 2. The minimum Gasteiger partial charge on any atom is -0.336 e. The number of aryl methyl sites for hydroxylation is 2. The Morgan fingerprint density at radius 2 is 1.75 bits per heavy atom. The van der Waals surface area contributed by atoms with Gasteiger partial charge in [0.25, 0.3) is 5.91 Å². The Hall–Kier alpha value is -1.88. The van der Waals surface area contributed by atoms with Gasteiger partial charge in [-0.2, -0.15) is 0 Å². The molecule has 0 radical (unpaired) electrons. The van der Waals surface area contributed by atoms with Gasteiger partial charge in [-0.1, -0.05) is 37.0 Å². The molecule has 3 amide bonds. The molecule has 0 aliphatic heterocycles. The second kappa shape index (κ2) is 9.42. The maximum atomic E-state index is 12.0. The molecule has 0 atom stereocenters. The average molecular weight is 332 g/mol. The molecule has 0 unspecified atom stereocenters. The normalized spacial score (nSPS) is 16.1. The molecule has 0 bridgehead atoms. The summed E-state index contributed by atoms with van der Waals surface area (Å²) in [5.41, 5.74) is 2.86. The zero-order valence-electron chi connectivity index (χ0n) is 14.9. The van der Waals surface area contributed by atoms with Crippen LogP contribution in [0.5, 0.6) is 0 Å². The second-order valence-corrected chi connectivity index (χ2v) is 6.87. The third kappa shape index (κ3) is 6.32. The van der Waals surface area contributed by atoms with Crippen molar-refractivity contribution in [2.75, 3.05) is 11.9 Å². The Morgan fingerprint density at radius 1 is 1.08 bits per heavy atom. The molecule has 1 aromatic carbocycles. The third-order valence-corrected chi connectivity index (χ3v) is 4.67. The van der Waals surface area contributed by atoms with Gasteiger partial charge in [0.05, 0.1) is 6.04 Å². The Balaban J connectivity index is 1.73. The zero-order chi connectivity index (χ0) is 17.4. The Bertz CT molecular complexity index is 564. The van der Waals surface area contributed by atoms with Crippen molar-refractivity contribution in [3.05, 3.63) is 29.3 Å².